The van der Waals surface area contributed by atoms with E-state index in [2.05, 4.69) is 17.7 Å². The summed E-state index contributed by atoms with van der Waals surface area (Å²) in [4.78, 5) is 0. The van der Waals surface area contributed by atoms with Gasteiger partial charge in [-0.05, 0) is 7.05 Å². The number of ether oxygens (including phenoxy) is 2. The number of rotatable bonds is 12. The van der Waals surface area contributed by atoms with Gasteiger partial charge in [0.15, 0.2) is 0 Å². The quantitative estimate of drug-likeness (QED) is 0.246. The second-order valence-corrected chi connectivity index (χ2v) is 5.45. The summed E-state index contributed by atoms with van der Waals surface area (Å²) in [5.74, 6) is 0. The molecular weight excluding hydrogens is 254 g/mol. The van der Waals surface area contributed by atoms with Gasteiger partial charge in [0.25, 0.3) is 0 Å². The van der Waals surface area contributed by atoms with E-state index in [4.69, 9.17) is 9.47 Å². The third-order valence-corrected chi connectivity index (χ3v) is 3.47. The highest BCUT2D eigenvalue weighted by Gasteiger charge is 2.33. The van der Waals surface area contributed by atoms with Gasteiger partial charge in [0.1, 0.15) is 12.6 Å². The Labute approximate surface area is 126 Å². The van der Waals surface area contributed by atoms with Gasteiger partial charge in [0, 0.05) is 33.0 Å². The summed E-state index contributed by atoms with van der Waals surface area (Å²) in [6.07, 6.45) is 2.92. The van der Waals surface area contributed by atoms with Crippen molar-refractivity contribution in [1.82, 2.24) is 10.6 Å². The average molecular weight is 292 g/mol. The maximum Gasteiger partial charge on any atom is 0.130 e. The van der Waals surface area contributed by atoms with E-state index in [1.807, 2.05) is 7.05 Å². The number of quaternary nitrogens is 1. The van der Waals surface area contributed by atoms with Crippen LogP contribution in [0, 0.1) is 0 Å². The lowest BCUT2D eigenvalue weighted by Gasteiger charge is -2.34. The highest BCUT2D eigenvalue weighted by Crippen LogP contribution is 2.16. The predicted molar refractivity (Wildman–Crippen MR) is 87.0 cm³/mol. The molecule has 0 amide bonds. The second-order valence-electron chi connectivity index (χ2n) is 5.45. The minimum atomic E-state index is 0. The van der Waals surface area contributed by atoms with E-state index in [9.17, 15) is 0 Å². The molecule has 1 saturated heterocycles. The van der Waals surface area contributed by atoms with E-state index in [-0.39, 0.29) is 14.9 Å². The third-order valence-electron chi connectivity index (χ3n) is 3.47. The number of nitrogens with zero attached hydrogens (tertiary/aromatic N) is 1. The Hall–Kier alpha value is -0.200. The summed E-state index contributed by atoms with van der Waals surface area (Å²) in [5.41, 5.74) is 0. The Bertz CT molecular complexity index is 213. The first-order valence-electron chi connectivity index (χ1n) is 6.99. The molecule has 2 unspecified atom stereocenters. The number of hydrogen-bond acceptors (Lipinski definition) is 4. The number of hydrogen-bond donors (Lipinski definition) is 2. The third kappa shape index (κ3) is 10.6. The van der Waals surface area contributed by atoms with Gasteiger partial charge in [-0.2, -0.15) is 0 Å². The van der Waals surface area contributed by atoms with Gasteiger partial charge >= 0.3 is 0 Å². The predicted octanol–water partition coefficient (Wildman–Crippen LogP) is 1.30. The van der Waals surface area contributed by atoms with Crippen LogP contribution in [0.5, 0.6) is 0 Å². The van der Waals surface area contributed by atoms with Crippen molar-refractivity contribution in [3.05, 3.63) is 0 Å². The lowest BCUT2D eigenvalue weighted by molar-refractivity contribution is -0.910. The van der Waals surface area contributed by atoms with Crippen LogP contribution < -0.4 is 10.6 Å². The Morgan fingerprint density at radius 2 is 1.80 bits per heavy atom. The summed E-state index contributed by atoms with van der Waals surface area (Å²) >= 11 is 0. The number of methoxy groups -OCH3 is 1. The van der Waals surface area contributed by atoms with Crippen LogP contribution in [-0.2, 0) is 9.47 Å². The van der Waals surface area contributed by atoms with Crippen molar-refractivity contribution in [2.75, 3.05) is 67.3 Å². The van der Waals surface area contributed by atoms with Crippen molar-refractivity contribution in [2.45, 2.75) is 33.8 Å². The van der Waals surface area contributed by atoms with Crippen molar-refractivity contribution in [3.63, 3.8) is 0 Å². The standard InChI is InChI=1S/C13H30N3O2.2CH4/c1-14-6-4-8-16(2,10-13-11-18-13)9-5-7-15-12-17-3;;/h13-15H,4-12H2,1-3H3;2*1H4/q+1;;. The van der Waals surface area contributed by atoms with Gasteiger partial charge < -0.3 is 19.3 Å². The molecule has 1 heterocycles. The van der Waals surface area contributed by atoms with E-state index in [0.717, 1.165) is 30.7 Å². The molecule has 1 rings (SSSR count). The Balaban J connectivity index is 0. The molecule has 0 spiro atoms. The lowest BCUT2D eigenvalue weighted by Crippen LogP contribution is -2.49. The molecule has 1 aliphatic rings. The first-order chi connectivity index (χ1) is 8.70. The maximum absolute atomic E-state index is 5.39. The van der Waals surface area contributed by atoms with Crippen molar-refractivity contribution in [3.8, 4) is 0 Å². The van der Waals surface area contributed by atoms with Crippen molar-refractivity contribution in [2.24, 2.45) is 0 Å². The van der Waals surface area contributed by atoms with E-state index >= 15 is 0 Å². The minimum absolute atomic E-state index is 0. The van der Waals surface area contributed by atoms with Gasteiger partial charge in [0.05, 0.1) is 33.5 Å². The monoisotopic (exact) mass is 292 g/mol. The molecule has 0 aliphatic carbocycles. The van der Waals surface area contributed by atoms with Crippen LogP contribution in [0.1, 0.15) is 27.7 Å². The summed E-state index contributed by atoms with van der Waals surface area (Å²) in [6.45, 7) is 7.33. The fourth-order valence-corrected chi connectivity index (χ4v) is 2.36. The molecule has 2 atom stereocenters. The van der Waals surface area contributed by atoms with Crippen LogP contribution in [0.4, 0.5) is 0 Å². The lowest BCUT2D eigenvalue weighted by atomic mass is 10.2. The molecule has 1 aliphatic heterocycles. The fraction of sp³-hybridized carbons (Fsp3) is 1.00. The molecule has 0 aromatic rings. The van der Waals surface area contributed by atoms with Gasteiger partial charge in [-0.25, -0.2) is 0 Å². The summed E-state index contributed by atoms with van der Waals surface area (Å²) < 4.78 is 11.5. The van der Waals surface area contributed by atoms with Crippen molar-refractivity contribution < 1.29 is 14.0 Å². The maximum atomic E-state index is 5.39. The van der Waals surface area contributed by atoms with Gasteiger partial charge in [0.2, 0.25) is 0 Å². The average Bonchev–Trinajstić information content (AvgIpc) is 3.13. The molecule has 0 aromatic carbocycles. The van der Waals surface area contributed by atoms with Crippen LogP contribution >= 0.6 is 0 Å². The molecule has 5 nitrogen and oxygen atoms in total. The highest BCUT2D eigenvalue weighted by molar-refractivity contribution is 4.68. The molecule has 124 valence electrons. The molecule has 2 N–H and O–H groups in total. The van der Waals surface area contributed by atoms with Crippen LogP contribution in [0.25, 0.3) is 0 Å². The zero-order chi connectivity index (χ0) is 13.3. The molecule has 1 fully saturated rings. The molecule has 0 radical (unpaired) electrons. The topological polar surface area (TPSA) is 45.8 Å². The summed E-state index contributed by atoms with van der Waals surface area (Å²) in [6, 6.07) is 0. The van der Waals surface area contributed by atoms with E-state index in [0.29, 0.717) is 12.8 Å². The zero-order valence-electron chi connectivity index (χ0n) is 12.2. The Morgan fingerprint density at radius 3 is 2.30 bits per heavy atom. The van der Waals surface area contributed by atoms with E-state index in [1.165, 1.54) is 25.9 Å². The van der Waals surface area contributed by atoms with Crippen molar-refractivity contribution >= 4 is 0 Å². The number of nitrogens with one attached hydrogen (secondary N) is 2. The smallest absolute Gasteiger partial charge is 0.130 e. The van der Waals surface area contributed by atoms with Crippen LogP contribution in [-0.4, -0.2) is 77.9 Å². The van der Waals surface area contributed by atoms with Crippen LogP contribution in [0.3, 0.4) is 0 Å². The van der Waals surface area contributed by atoms with Gasteiger partial charge in [-0.15, -0.1) is 0 Å². The van der Waals surface area contributed by atoms with Crippen LogP contribution in [0.2, 0.25) is 0 Å². The largest absolute Gasteiger partial charge is 0.370 e. The number of likely N-dealkylation sites (N-methyl/N-ethyl adjacent to an activating group) is 1. The summed E-state index contributed by atoms with van der Waals surface area (Å²) in [5, 5.41) is 6.49. The SMILES string of the molecule is C.C.CNCCC[N+](C)(CCCNCOC)CC1CO1. The first kappa shape index (κ1) is 22.1. The van der Waals surface area contributed by atoms with Crippen molar-refractivity contribution in [1.29, 1.82) is 0 Å². The second kappa shape index (κ2) is 12.5. The zero-order valence-corrected chi connectivity index (χ0v) is 12.2. The molecule has 0 saturated carbocycles. The molecule has 0 bridgehead atoms. The van der Waals surface area contributed by atoms with Crippen LogP contribution in [0.15, 0.2) is 0 Å². The highest BCUT2D eigenvalue weighted by atomic mass is 16.6. The minimum Gasteiger partial charge on any atom is -0.370 e. The van der Waals surface area contributed by atoms with E-state index < -0.39 is 0 Å². The summed E-state index contributed by atoms with van der Waals surface area (Å²) in [7, 11) is 6.09. The van der Waals surface area contributed by atoms with E-state index in [1.54, 1.807) is 7.11 Å². The van der Waals surface area contributed by atoms with Gasteiger partial charge in [-0.1, -0.05) is 14.9 Å². The fourth-order valence-electron chi connectivity index (χ4n) is 2.36. The first-order valence-corrected chi connectivity index (χ1v) is 6.99. The van der Waals surface area contributed by atoms with Gasteiger partial charge in [-0.3, -0.25) is 5.32 Å². The molecular formula is C15H38N3O2+. The molecule has 5 heteroatoms. The number of epoxide rings is 1. The normalized spacial score (nSPS) is 19.6. The Kier molecular flexibility index (Phi) is 13.8. The molecule has 0 aromatic heterocycles. The Morgan fingerprint density at radius 1 is 1.20 bits per heavy atom. The molecule has 20 heavy (non-hydrogen) atoms.